The topological polar surface area (TPSA) is 62.5 Å². The fraction of sp³-hybridized carbons (Fsp3) is 0.214. The molecule has 0 radical (unpaired) electrons. The molecule has 0 saturated carbocycles. The van der Waals surface area contributed by atoms with E-state index in [1.54, 1.807) is 24.3 Å². The summed E-state index contributed by atoms with van der Waals surface area (Å²) in [5.74, 6) is 0.155. The van der Waals surface area contributed by atoms with E-state index >= 15 is 0 Å². The lowest BCUT2D eigenvalue weighted by atomic mass is 10.2. The maximum Gasteiger partial charge on any atom is 0.231 e. The van der Waals surface area contributed by atoms with Crippen LogP contribution in [0.3, 0.4) is 0 Å². The van der Waals surface area contributed by atoms with Crippen LogP contribution in [0.15, 0.2) is 52.0 Å². The Labute approximate surface area is 120 Å². The van der Waals surface area contributed by atoms with Gasteiger partial charge in [0.2, 0.25) is 5.91 Å². The smallest absolute Gasteiger partial charge is 0.231 e. The summed E-state index contributed by atoms with van der Waals surface area (Å²) in [6.45, 7) is -0.236. The first-order valence-electron chi connectivity index (χ1n) is 6.01. The Balaban J connectivity index is 1.84. The molecule has 0 aliphatic carbocycles. The van der Waals surface area contributed by atoms with E-state index < -0.39 is 6.04 Å². The molecule has 2 N–H and O–H groups in total. The number of nitrogens with one attached hydrogen (secondary N) is 1. The number of rotatable bonds is 6. The third-order valence-corrected chi connectivity index (χ3v) is 3.60. The first-order valence-corrected chi connectivity index (χ1v) is 6.99. The van der Waals surface area contributed by atoms with E-state index in [0.29, 0.717) is 5.76 Å². The van der Waals surface area contributed by atoms with Gasteiger partial charge in [-0.3, -0.25) is 4.79 Å². The number of halogens is 1. The minimum absolute atomic E-state index is 0.183. The van der Waals surface area contributed by atoms with Gasteiger partial charge in [0, 0.05) is 4.90 Å². The molecular weight excluding hydrogens is 281 g/mol. The lowest BCUT2D eigenvalue weighted by molar-refractivity contribution is -0.119. The molecule has 2 rings (SSSR count). The quantitative estimate of drug-likeness (QED) is 0.803. The van der Waals surface area contributed by atoms with Crippen molar-refractivity contribution in [3.63, 3.8) is 0 Å². The minimum Gasteiger partial charge on any atom is -0.467 e. The van der Waals surface area contributed by atoms with Crippen LogP contribution >= 0.6 is 11.8 Å². The monoisotopic (exact) mass is 295 g/mol. The normalized spacial score (nSPS) is 12.1. The molecule has 1 heterocycles. The predicted molar refractivity (Wildman–Crippen MR) is 73.8 cm³/mol. The van der Waals surface area contributed by atoms with Gasteiger partial charge in [-0.2, -0.15) is 0 Å². The molecule has 1 atom stereocenters. The molecule has 0 aliphatic rings. The molecule has 2 aromatic rings. The Hall–Kier alpha value is -1.79. The van der Waals surface area contributed by atoms with Gasteiger partial charge in [0.25, 0.3) is 0 Å². The Kier molecular flexibility index (Phi) is 5.20. The molecule has 1 unspecified atom stereocenters. The van der Waals surface area contributed by atoms with Gasteiger partial charge in [0.1, 0.15) is 17.6 Å². The highest BCUT2D eigenvalue weighted by atomic mass is 32.2. The molecule has 1 aromatic heterocycles. The van der Waals surface area contributed by atoms with Gasteiger partial charge in [-0.1, -0.05) is 0 Å². The zero-order valence-corrected chi connectivity index (χ0v) is 11.4. The van der Waals surface area contributed by atoms with Crippen molar-refractivity contribution >= 4 is 17.7 Å². The molecule has 1 aromatic carbocycles. The van der Waals surface area contributed by atoms with Crippen LogP contribution in [-0.2, 0) is 4.79 Å². The third-order valence-electron chi connectivity index (χ3n) is 2.59. The maximum atomic E-state index is 12.7. The molecule has 1 amide bonds. The van der Waals surface area contributed by atoms with Crippen molar-refractivity contribution in [3.05, 3.63) is 54.2 Å². The first-order chi connectivity index (χ1) is 9.69. The van der Waals surface area contributed by atoms with Gasteiger partial charge in [-0.15, -0.1) is 11.8 Å². The molecule has 0 spiro atoms. The van der Waals surface area contributed by atoms with Gasteiger partial charge in [-0.25, -0.2) is 4.39 Å². The lowest BCUT2D eigenvalue weighted by Crippen LogP contribution is -2.31. The van der Waals surface area contributed by atoms with Crippen molar-refractivity contribution < 1.29 is 18.7 Å². The zero-order chi connectivity index (χ0) is 14.4. The largest absolute Gasteiger partial charge is 0.467 e. The van der Waals surface area contributed by atoms with Crippen LogP contribution in [0.5, 0.6) is 0 Å². The number of benzene rings is 1. The van der Waals surface area contributed by atoms with Crippen molar-refractivity contribution in [2.45, 2.75) is 10.9 Å². The first kappa shape index (κ1) is 14.6. The fourth-order valence-corrected chi connectivity index (χ4v) is 2.32. The molecule has 0 aliphatic heterocycles. The maximum absolute atomic E-state index is 12.7. The summed E-state index contributed by atoms with van der Waals surface area (Å²) in [6, 6.07) is 8.75. The summed E-state index contributed by atoms with van der Waals surface area (Å²) < 4.78 is 17.9. The molecule has 106 valence electrons. The van der Waals surface area contributed by atoms with Crippen LogP contribution in [0, 0.1) is 5.82 Å². The van der Waals surface area contributed by atoms with Gasteiger partial charge < -0.3 is 14.8 Å². The van der Waals surface area contributed by atoms with E-state index in [1.165, 1.54) is 30.2 Å². The van der Waals surface area contributed by atoms with E-state index in [9.17, 15) is 14.3 Å². The number of hydrogen-bond donors (Lipinski definition) is 2. The Morgan fingerprint density at radius 1 is 1.35 bits per heavy atom. The number of amides is 1. The summed E-state index contributed by atoms with van der Waals surface area (Å²) in [4.78, 5) is 12.6. The molecular formula is C14H14FNO3S. The van der Waals surface area contributed by atoms with Crippen LogP contribution < -0.4 is 5.32 Å². The Morgan fingerprint density at radius 3 is 2.70 bits per heavy atom. The van der Waals surface area contributed by atoms with Gasteiger partial charge in [0.05, 0.1) is 18.6 Å². The highest BCUT2D eigenvalue weighted by Crippen LogP contribution is 2.18. The van der Waals surface area contributed by atoms with E-state index in [2.05, 4.69) is 5.32 Å². The van der Waals surface area contributed by atoms with Crippen LogP contribution in [0.4, 0.5) is 4.39 Å². The Bertz CT molecular complexity index is 542. The molecule has 20 heavy (non-hydrogen) atoms. The summed E-state index contributed by atoms with van der Waals surface area (Å²) >= 11 is 1.30. The lowest BCUT2D eigenvalue weighted by Gasteiger charge is -2.13. The minimum atomic E-state index is -0.550. The van der Waals surface area contributed by atoms with Gasteiger partial charge >= 0.3 is 0 Å². The number of aliphatic hydroxyl groups is 1. The number of aliphatic hydroxyl groups excluding tert-OH is 1. The number of hydrogen-bond acceptors (Lipinski definition) is 4. The van der Waals surface area contributed by atoms with Gasteiger partial charge in [-0.05, 0) is 36.4 Å². The highest BCUT2D eigenvalue weighted by molar-refractivity contribution is 8.00. The van der Waals surface area contributed by atoms with Crippen LogP contribution in [0.1, 0.15) is 11.8 Å². The van der Waals surface area contributed by atoms with Crippen molar-refractivity contribution in [1.29, 1.82) is 0 Å². The molecule has 0 fully saturated rings. The van der Waals surface area contributed by atoms with E-state index in [-0.39, 0.29) is 24.1 Å². The molecule has 0 saturated heterocycles. The third kappa shape index (κ3) is 4.11. The SMILES string of the molecule is O=C(CSc1ccc(F)cc1)NC(CO)c1ccco1. The number of furan rings is 1. The van der Waals surface area contributed by atoms with Crippen LogP contribution in [-0.4, -0.2) is 23.4 Å². The van der Waals surface area contributed by atoms with Crippen LogP contribution in [0.2, 0.25) is 0 Å². The van der Waals surface area contributed by atoms with Crippen molar-refractivity contribution in [2.24, 2.45) is 0 Å². The van der Waals surface area contributed by atoms with E-state index in [4.69, 9.17) is 4.42 Å². The summed E-state index contributed by atoms with van der Waals surface area (Å²) in [6.07, 6.45) is 1.48. The van der Waals surface area contributed by atoms with E-state index in [0.717, 1.165) is 4.90 Å². The van der Waals surface area contributed by atoms with Gasteiger partial charge in [0.15, 0.2) is 0 Å². The average molecular weight is 295 g/mol. The Morgan fingerprint density at radius 2 is 2.10 bits per heavy atom. The average Bonchev–Trinajstić information content (AvgIpc) is 2.98. The molecule has 4 nitrogen and oxygen atoms in total. The summed E-state index contributed by atoms with van der Waals surface area (Å²) in [5, 5.41) is 11.9. The second kappa shape index (κ2) is 7.12. The number of thioether (sulfide) groups is 1. The van der Waals surface area contributed by atoms with Crippen molar-refractivity contribution in [2.75, 3.05) is 12.4 Å². The number of carbonyl (C=O) groups excluding carboxylic acids is 1. The number of carbonyl (C=O) groups is 1. The van der Waals surface area contributed by atoms with Crippen LogP contribution in [0.25, 0.3) is 0 Å². The van der Waals surface area contributed by atoms with Crippen molar-refractivity contribution in [3.8, 4) is 0 Å². The summed E-state index contributed by atoms with van der Waals surface area (Å²) in [5.41, 5.74) is 0. The standard InChI is InChI=1S/C14H14FNO3S/c15-10-3-5-11(6-4-10)20-9-14(18)16-12(8-17)13-2-1-7-19-13/h1-7,12,17H,8-9H2,(H,16,18). The van der Waals surface area contributed by atoms with Crippen molar-refractivity contribution in [1.82, 2.24) is 5.32 Å². The molecule has 6 heteroatoms. The fourth-order valence-electron chi connectivity index (χ4n) is 1.61. The van der Waals surface area contributed by atoms with E-state index in [1.807, 2.05) is 0 Å². The predicted octanol–water partition coefficient (Wildman–Crippen LogP) is 2.36. The summed E-state index contributed by atoms with van der Waals surface area (Å²) in [7, 11) is 0. The second-order valence-corrected chi connectivity index (χ2v) is 5.11. The zero-order valence-electron chi connectivity index (χ0n) is 10.6. The molecule has 0 bridgehead atoms. The highest BCUT2D eigenvalue weighted by Gasteiger charge is 2.16. The second-order valence-electron chi connectivity index (χ2n) is 4.06.